The van der Waals surface area contributed by atoms with E-state index in [4.69, 9.17) is 9.47 Å². The van der Waals surface area contributed by atoms with Crippen LogP contribution in [0.25, 0.3) is 0 Å². The molecule has 1 atom stereocenters. The van der Waals surface area contributed by atoms with E-state index in [1.807, 2.05) is 20.8 Å². The highest BCUT2D eigenvalue weighted by molar-refractivity contribution is 5.80. The van der Waals surface area contributed by atoms with Crippen molar-refractivity contribution < 1.29 is 14.3 Å². The van der Waals surface area contributed by atoms with Crippen LogP contribution in [0.3, 0.4) is 0 Å². The van der Waals surface area contributed by atoms with Crippen molar-refractivity contribution in [3.8, 4) is 0 Å². The minimum Gasteiger partial charge on any atom is -0.464 e. The Morgan fingerprint density at radius 3 is 2.65 bits per heavy atom. The van der Waals surface area contributed by atoms with E-state index in [0.717, 1.165) is 25.8 Å². The van der Waals surface area contributed by atoms with Gasteiger partial charge in [-0.1, -0.05) is 0 Å². The highest BCUT2D eigenvalue weighted by Gasteiger charge is 2.35. The maximum atomic E-state index is 12.0. The Balaban J connectivity index is 2.34. The fourth-order valence-electron chi connectivity index (χ4n) is 1.88. The zero-order valence-corrected chi connectivity index (χ0v) is 11.5. The van der Waals surface area contributed by atoms with Crippen LogP contribution in [-0.4, -0.2) is 37.4 Å². The Labute approximate surface area is 104 Å². The lowest BCUT2D eigenvalue weighted by atomic mass is 9.91. The van der Waals surface area contributed by atoms with Gasteiger partial charge in [-0.2, -0.15) is 0 Å². The van der Waals surface area contributed by atoms with Crippen molar-refractivity contribution in [2.75, 3.05) is 20.3 Å². The van der Waals surface area contributed by atoms with Crippen molar-refractivity contribution in [1.29, 1.82) is 0 Å². The van der Waals surface area contributed by atoms with E-state index in [0.29, 0.717) is 13.0 Å². The molecule has 0 saturated carbocycles. The van der Waals surface area contributed by atoms with Gasteiger partial charge >= 0.3 is 5.97 Å². The van der Waals surface area contributed by atoms with E-state index in [1.54, 1.807) is 7.11 Å². The molecule has 4 nitrogen and oxygen atoms in total. The number of hydrogen-bond acceptors (Lipinski definition) is 4. The molecule has 1 unspecified atom stereocenters. The Bertz CT molecular complexity index is 257. The van der Waals surface area contributed by atoms with Gasteiger partial charge in [0.15, 0.2) is 0 Å². The summed E-state index contributed by atoms with van der Waals surface area (Å²) in [6.07, 6.45) is 3.80. The van der Waals surface area contributed by atoms with Gasteiger partial charge in [-0.15, -0.1) is 0 Å². The molecule has 17 heavy (non-hydrogen) atoms. The van der Waals surface area contributed by atoms with Crippen LogP contribution in [-0.2, 0) is 14.3 Å². The van der Waals surface area contributed by atoms with Crippen LogP contribution in [0.4, 0.5) is 0 Å². The highest BCUT2D eigenvalue weighted by Crippen LogP contribution is 2.21. The average Bonchev–Trinajstić information content (AvgIpc) is 2.29. The average molecular weight is 243 g/mol. The van der Waals surface area contributed by atoms with Crippen molar-refractivity contribution in [2.24, 2.45) is 0 Å². The molecular weight excluding hydrogens is 218 g/mol. The topological polar surface area (TPSA) is 47.6 Å². The van der Waals surface area contributed by atoms with Crippen LogP contribution in [0.15, 0.2) is 0 Å². The van der Waals surface area contributed by atoms with Gasteiger partial charge in [0, 0.05) is 13.5 Å². The molecule has 0 aromatic rings. The zero-order valence-electron chi connectivity index (χ0n) is 11.5. The number of hydrogen-bond donors (Lipinski definition) is 1. The molecule has 1 rings (SSSR count). The Morgan fingerprint density at radius 2 is 2.12 bits per heavy atom. The highest BCUT2D eigenvalue weighted by atomic mass is 16.5. The lowest BCUT2D eigenvalue weighted by Crippen LogP contribution is -2.53. The number of esters is 1. The molecule has 0 amide bonds. The Hall–Kier alpha value is -0.610. The first-order valence-electron chi connectivity index (χ1n) is 6.37. The normalized spacial score (nSPS) is 25.6. The molecule has 0 aromatic heterocycles. The fourth-order valence-corrected chi connectivity index (χ4v) is 1.88. The van der Waals surface area contributed by atoms with Gasteiger partial charge in [-0.3, -0.25) is 4.79 Å². The van der Waals surface area contributed by atoms with Crippen molar-refractivity contribution in [2.45, 2.75) is 57.6 Å². The van der Waals surface area contributed by atoms with Crippen molar-refractivity contribution in [3.63, 3.8) is 0 Å². The molecular formula is C13H25NO3. The van der Waals surface area contributed by atoms with Gasteiger partial charge < -0.3 is 14.8 Å². The predicted octanol–water partition coefficient (Wildman–Crippen LogP) is 1.88. The standard InChI is InChI=1S/C13H25NO3/c1-12(2,16-4)8-10-17-11(15)13(3)7-5-6-9-14-13/h14H,5-10H2,1-4H3. The second-order valence-corrected chi connectivity index (χ2v) is 5.57. The lowest BCUT2D eigenvalue weighted by molar-refractivity contribution is -0.153. The molecule has 1 fully saturated rings. The summed E-state index contributed by atoms with van der Waals surface area (Å²) in [6.45, 7) is 7.21. The van der Waals surface area contributed by atoms with Crippen LogP contribution in [0.1, 0.15) is 46.5 Å². The smallest absolute Gasteiger partial charge is 0.326 e. The molecule has 100 valence electrons. The molecule has 4 heteroatoms. The molecule has 0 radical (unpaired) electrons. The molecule has 0 aliphatic carbocycles. The third kappa shape index (κ3) is 4.28. The number of methoxy groups -OCH3 is 1. The summed E-state index contributed by atoms with van der Waals surface area (Å²) >= 11 is 0. The Kier molecular flexibility index (Phi) is 4.95. The van der Waals surface area contributed by atoms with Crippen LogP contribution in [0.2, 0.25) is 0 Å². The van der Waals surface area contributed by atoms with E-state index in [-0.39, 0.29) is 11.6 Å². The van der Waals surface area contributed by atoms with E-state index < -0.39 is 5.54 Å². The third-order valence-electron chi connectivity index (χ3n) is 3.56. The van der Waals surface area contributed by atoms with Crippen LogP contribution >= 0.6 is 0 Å². The first-order chi connectivity index (χ1) is 7.90. The summed E-state index contributed by atoms with van der Waals surface area (Å²) in [6, 6.07) is 0. The number of carbonyl (C=O) groups is 1. The van der Waals surface area contributed by atoms with Crippen LogP contribution in [0.5, 0.6) is 0 Å². The second kappa shape index (κ2) is 5.83. The van der Waals surface area contributed by atoms with Crippen molar-refractivity contribution >= 4 is 5.97 Å². The molecule has 0 spiro atoms. The van der Waals surface area contributed by atoms with Gasteiger partial charge in [-0.25, -0.2) is 0 Å². The Morgan fingerprint density at radius 1 is 1.41 bits per heavy atom. The second-order valence-electron chi connectivity index (χ2n) is 5.57. The maximum Gasteiger partial charge on any atom is 0.326 e. The predicted molar refractivity (Wildman–Crippen MR) is 66.9 cm³/mol. The zero-order chi connectivity index (χ0) is 12.9. The van der Waals surface area contributed by atoms with Crippen molar-refractivity contribution in [1.82, 2.24) is 5.32 Å². The van der Waals surface area contributed by atoms with E-state index in [2.05, 4.69) is 5.32 Å². The summed E-state index contributed by atoms with van der Waals surface area (Å²) in [7, 11) is 1.67. The molecule has 1 heterocycles. The van der Waals surface area contributed by atoms with Crippen molar-refractivity contribution in [3.05, 3.63) is 0 Å². The molecule has 0 aromatic carbocycles. The fraction of sp³-hybridized carbons (Fsp3) is 0.923. The largest absolute Gasteiger partial charge is 0.464 e. The quantitative estimate of drug-likeness (QED) is 0.749. The summed E-state index contributed by atoms with van der Waals surface area (Å²) in [5.41, 5.74) is -0.726. The molecule has 1 saturated heterocycles. The number of piperidine rings is 1. The van der Waals surface area contributed by atoms with Gasteiger partial charge in [0.1, 0.15) is 5.54 Å². The lowest BCUT2D eigenvalue weighted by Gasteiger charge is -2.33. The number of ether oxygens (including phenoxy) is 2. The summed E-state index contributed by atoms with van der Waals surface area (Å²) in [5, 5.41) is 3.25. The molecule has 1 aliphatic heterocycles. The van der Waals surface area contributed by atoms with E-state index >= 15 is 0 Å². The van der Waals surface area contributed by atoms with E-state index in [9.17, 15) is 4.79 Å². The van der Waals surface area contributed by atoms with Gasteiger partial charge in [-0.05, 0) is 46.6 Å². The molecule has 1 aliphatic rings. The van der Waals surface area contributed by atoms with Gasteiger partial charge in [0.25, 0.3) is 0 Å². The summed E-state index contributed by atoms with van der Waals surface area (Å²) in [5.74, 6) is -0.135. The van der Waals surface area contributed by atoms with E-state index in [1.165, 1.54) is 0 Å². The monoisotopic (exact) mass is 243 g/mol. The minimum absolute atomic E-state index is 0.135. The summed E-state index contributed by atoms with van der Waals surface area (Å²) in [4.78, 5) is 12.0. The van der Waals surface area contributed by atoms with Gasteiger partial charge in [0.2, 0.25) is 0 Å². The summed E-state index contributed by atoms with van der Waals surface area (Å²) < 4.78 is 10.6. The maximum absolute atomic E-state index is 12.0. The van der Waals surface area contributed by atoms with Crippen LogP contribution in [0, 0.1) is 0 Å². The van der Waals surface area contributed by atoms with Crippen LogP contribution < -0.4 is 5.32 Å². The number of carbonyl (C=O) groups excluding carboxylic acids is 1. The number of rotatable bonds is 5. The first-order valence-corrected chi connectivity index (χ1v) is 6.37. The first kappa shape index (κ1) is 14.5. The molecule has 1 N–H and O–H groups in total. The minimum atomic E-state index is -0.491. The SMILES string of the molecule is COC(C)(C)CCOC(=O)C1(C)CCCCN1. The van der Waals surface area contributed by atoms with Gasteiger partial charge in [0.05, 0.1) is 12.2 Å². The number of nitrogens with one attached hydrogen (secondary N) is 1. The third-order valence-corrected chi connectivity index (χ3v) is 3.56. The molecule has 0 bridgehead atoms.